The van der Waals surface area contributed by atoms with E-state index in [0.717, 1.165) is 5.69 Å². The van der Waals surface area contributed by atoms with Gasteiger partial charge in [0.1, 0.15) is 0 Å². The molecule has 2 aliphatic rings. The molecule has 0 unspecified atom stereocenters. The average Bonchev–Trinajstić information content (AvgIpc) is 3.34. The standard InChI is InChI=1S/C27H33N5O3/c1-19(2)20-3-5-22(6-4-20)30-16-21(15-28)25(33)32-23-7-8-24(31-17-23)26(18-29)9-11-27(12-10-26)34-13-14-35-27/h3-8,16-17,19,30H,9-15,28H2,1-2H3,(H,32,33)/b21-16+. The van der Waals surface area contributed by atoms with Crippen LogP contribution in [0.5, 0.6) is 0 Å². The molecule has 2 heterocycles. The normalized spacial score (nSPS) is 18.9. The predicted octanol–water partition coefficient (Wildman–Crippen LogP) is 4.18. The molecule has 2 aromatic rings. The molecule has 1 aliphatic heterocycles. The van der Waals surface area contributed by atoms with Gasteiger partial charge in [-0.1, -0.05) is 26.0 Å². The van der Waals surface area contributed by atoms with Gasteiger partial charge >= 0.3 is 0 Å². The average molecular weight is 476 g/mol. The summed E-state index contributed by atoms with van der Waals surface area (Å²) in [5, 5.41) is 16.0. The summed E-state index contributed by atoms with van der Waals surface area (Å²) in [4.78, 5) is 17.3. The molecule has 8 nitrogen and oxygen atoms in total. The van der Waals surface area contributed by atoms with Crippen LogP contribution in [-0.2, 0) is 19.7 Å². The summed E-state index contributed by atoms with van der Waals surface area (Å²) in [5.74, 6) is -0.388. The highest BCUT2D eigenvalue weighted by Gasteiger charge is 2.48. The van der Waals surface area contributed by atoms with Crippen molar-refractivity contribution in [1.29, 1.82) is 5.26 Å². The molecule has 1 saturated carbocycles. The summed E-state index contributed by atoms with van der Waals surface area (Å²) in [6.45, 7) is 5.57. The number of hydrogen-bond acceptors (Lipinski definition) is 7. The maximum atomic E-state index is 12.8. The van der Waals surface area contributed by atoms with Gasteiger partial charge in [0.05, 0.1) is 42.3 Å². The third kappa shape index (κ3) is 5.54. The molecule has 0 radical (unpaired) electrons. The van der Waals surface area contributed by atoms with E-state index in [1.807, 2.05) is 18.2 Å². The minimum absolute atomic E-state index is 0.0812. The van der Waals surface area contributed by atoms with Gasteiger partial charge in [-0.2, -0.15) is 5.26 Å². The molecule has 1 spiro atoms. The lowest BCUT2D eigenvalue weighted by atomic mass is 9.70. The predicted molar refractivity (Wildman–Crippen MR) is 135 cm³/mol. The molecule has 1 aliphatic carbocycles. The molecule has 1 saturated heterocycles. The Balaban J connectivity index is 1.38. The number of aromatic nitrogens is 1. The van der Waals surface area contributed by atoms with E-state index in [9.17, 15) is 10.1 Å². The van der Waals surface area contributed by atoms with Crippen molar-refractivity contribution in [2.75, 3.05) is 30.4 Å². The Morgan fingerprint density at radius 2 is 1.77 bits per heavy atom. The Kier molecular flexibility index (Phi) is 7.51. The smallest absolute Gasteiger partial charge is 0.254 e. The monoisotopic (exact) mass is 475 g/mol. The van der Waals surface area contributed by atoms with E-state index >= 15 is 0 Å². The van der Waals surface area contributed by atoms with E-state index in [0.29, 0.717) is 61.8 Å². The fraction of sp³-hybridized carbons (Fsp3) is 0.444. The zero-order chi connectivity index (χ0) is 24.9. The molecule has 1 amide bonds. The van der Waals surface area contributed by atoms with Gasteiger partial charge in [-0.3, -0.25) is 9.78 Å². The van der Waals surface area contributed by atoms with Crippen LogP contribution in [0.1, 0.15) is 56.7 Å². The molecule has 1 aromatic heterocycles. The summed E-state index contributed by atoms with van der Waals surface area (Å²) in [6.07, 6.45) is 5.78. The molecular formula is C27H33N5O3. The number of rotatable bonds is 7. The molecule has 4 N–H and O–H groups in total. The zero-order valence-corrected chi connectivity index (χ0v) is 20.3. The van der Waals surface area contributed by atoms with Crippen molar-refractivity contribution in [1.82, 2.24) is 4.98 Å². The van der Waals surface area contributed by atoms with E-state index in [-0.39, 0.29) is 12.5 Å². The molecule has 8 heteroatoms. The summed E-state index contributed by atoms with van der Waals surface area (Å²) in [5.41, 5.74) is 8.92. The first-order chi connectivity index (χ1) is 16.9. The molecule has 1 aromatic carbocycles. The van der Waals surface area contributed by atoms with Crippen molar-refractivity contribution in [2.24, 2.45) is 5.73 Å². The number of pyridine rings is 1. The molecule has 0 bridgehead atoms. The van der Waals surface area contributed by atoms with Gasteiger partial charge in [0, 0.05) is 36.8 Å². The third-order valence-electron chi connectivity index (χ3n) is 6.91. The SMILES string of the molecule is CC(C)c1ccc(N/C=C(\CN)C(=O)Nc2ccc(C3(C#N)CCC4(CC3)OCCO4)nc2)cc1. The van der Waals surface area contributed by atoms with Gasteiger partial charge in [0.15, 0.2) is 5.79 Å². The van der Waals surface area contributed by atoms with Gasteiger partial charge in [-0.15, -0.1) is 0 Å². The topological polar surface area (TPSA) is 122 Å². The van der Waals surface area contributed by atoms with Crippen LogP contribution in [0.15, 0.2) is 54.4 Å². The minimum atomic E-state index is -0.680. The number of nitriles is 1. The quantitative estimate of drug-likeness (QED) is 0.514. The minimum Gasteiger partial charge on any atom is -0.361 e. The molecule has 35 heavy (non-hydrogen) atoms. The fourth-order valence-electron chi connectivity index (χ4n) is 4.58. The Bertz CT molecular complexity index is 1090. The number of benzene rings is 1. The van der Waals surface area contributed by atoms with Crippen LogP contribution in [0.2, 0.25) is 0 Å². The van der Waals surface area contributed by atoms with E-state index in [2.05, 4.69) is 47.7 Å². The van der Waals surface area contributed by atoms with E-state index in [1.165, 1.54) is 5.56 Å². The first-order valence-electron chi connectivity index (χ1n) is 12.1. The Hall–Kier alpha value is -3.25. The highest BCUT2D eigenvalue weighted by atomic mass is 16.7. The second kappa shape index (κ2) is 10.6. The van der Waals surface area contributed by atoms with Crippen molar-refractivity contribution in [3.63, 3.8) is 0 Å². The van der Waals surface area contributed by atoms with Crippen LogP contribution >= 0.6 is 0 Å². The van der Waals surface area contributed by atoms with E-state index in [1.54, 1.807) is 18.5 Å². The number of nitrogens with zero attached hydrogens (tertiary/aromatic N) is 2. The zero-order valence-electron chi connectivity index (χ0n) is 20.3. The number of nitrogens with two attached hydrogens (primary N) is 1. The van der Waals surface area contributed by atoms with Gasteiger partial charge in [-0.05, 0) is 48.6 Å². The van der Waals surface area contributed by atoms with Crippen LogP contribution in [0.3, 0.4) is 0 Å². The lowest BCUT2D eigenvalue weighted by molar-refractivity contribution is -0.182. The largest absolute Gasteiger partial charge is 0.361 e. The molecule has 4 rings (SSSR count). The van der Waals surface area contributed by atoms with Crippen molar-refractivity contribution in [2.45, 2.75) is 56.7 Å². The van der Waals surface area contributed by atoms with Crippen LogP contribution in [0, 0.1) is 11.3 Å². The number of anilines is 2. The first kappa shape index (κ1) is 24.9. The maximum Gasteiger partial charge on any atom is 0.254 e. The lowest BCUT2D eigenvalue weighted by Crippen LogP contribution is -2.41. The maximum absolute atomic E-state index is 12.8. The number of hydrogen-bond donors (Lipinski definition) is 3. The summed E-state index contributed by atoms with van der Waals surface area (Å²) in [7, 11) is 0. The number of amides is 1. The molecule has 2 fully saturated rings. The van der Waals surface area contributed by atoms with Crippen molar-refractivity contribution >= 4 is 17.3 Å². The highest BCUT2D eigenvalue weighted by Crippen LogP contribution is 2.45. The Morgan fingerprint density at radius 3 is 2.31 bits per heavy atom. The number of carbonyl (C=O) groups excluding carboxylic acids is 1. The second-order valence-electron chi connectivity index (χ2n) is 9.48. The van der Waals surface area contributed by atoms with Gasteiger partial charge in [0.25, 0.3) is 5.91 Å². The summed E-state index contributed by atoms with van der Waals surface area (Å²) < 4.78 is 11.6. The lowest BCUT2D eigenvalue weighted by Gasteiger charge is -2.39. The Labute approximate surface area is 206 Å². The molecule has 0 atom stereocenters. The second-order valence-corrected chi connectivity index (χ2v) is 9.48. The van der Waals surface area contributed by atoms with Gasteiger partial charge in [0.2, 0.25) is 0 Å². The van der Waals surface area contributed by atoms with Crippen molar-refractivity contribution in [3.8, 4) is 6.07 Å². The van der Waals surface area contributed by atoms with E-state index in [4.69, 9.17) is 15.2 Å². The number of nitrogens with one attached hydrogen (secondary N) is 2. The van der Waals surface area contributed by atoms with Gasteiger partial charge in [-0.25, -0.2) is 0 Å². The van der Waals surface area contributed by atoms with Crippen LogP contribution in [0.25, 0.3) is 0 Å². The molecule has 184 valence electrons. The fourth-order valence-corrected chi connectivity index (χ4v) is 4.58. The summed E-state index contributed by atoms with van der Waals surface area (Å²) in [6, 6.07) is 14.1. The van der Waals surface area contributed by atoms with Crippen LogP contribution in [-0.4, -0.2) is 36.4 Å². The Morgan fingerprint density at radius 1 is 1.11 bits per heavy atom. The number of ether oxygens (including phenoxy) is 2. The van der Waals surface area contributed by atoms with Crippen molar-refractivity contribution < 1.29 is 14.3 Å². The van der Waals surface area contributed by atoms with Crippen LogP contribution < -0.4 is 16.4 Å². The first-order valence-corrected chi connectivity index (χ1v) is 12.1. The van der Waals surface area contributed by atoms with E-state index < -0.39 is 11.2 Å². The number of carbonyl (C=O) groups is 1. The van der Waals surface area contributed by atoms with Crippen molar-refractivity contribution in [3.05, 3.63) is 65.6 Å². The highest BCUT2D eigenvalue weighted by molar-refractivity contribution is 6.04. The molecular weight excluding hydrogens is 442 g/mol. The van der Waals surface area contributed by atoms with Crippen LogP contribution in [0.4, 0.5) is 11.4 Å². The summed E-state index contributed by atoms with van der Waals surface area (Å²) >= 11 is 0. The third-order valence-corrected chi connectivity index (χ3v) is 6.91. The van der Waals surface area contributed by atoms with Gasteiger partial charge < -0.3 is 25.8 Å².